The molecular weight excluding hydrogens is 342 g/mol. The first-order valence-electron chi connectivity index (χ1n) is 9.09. The standard InChI is InChI=1S/C22H27NO4/c1-21(2)22(3,4)27-20(26-21)16-12-10-15(11-13-16)14-23-19(24)17-8-6-7-9-18(17)25-5/h6-13,20H,14H2,1-5H3,(H,23,24). The number of nitrogens with one attached hydrogen (secondary N) is 1. The summed E-state index contributed by atoms with van der Waals surface area (Å²) < 4.78 is 17.4. The van der Waals surface area contributed by atoms with Crippen LogP contribution in [0.2, 0.25) is 0 Å². The number of benzene rings is 2. The van der Waals surface area contributed by atoms with E-state index in [4.69, 9.17) is 14.2 Å². The predicted molar refractivity (Wildman–Crippen MR) is 104 cm³/mol. The van der Waals surface area contributed by atoms with Crippen LogP contribution in [0.3, 0.4) is 0 Å². The summed E-state index contributed by atoms with van der Waals surface area (Å²) in [5, 5.41) is 2.92. The molecule has 1 N–H and O–H groups in total. The van der Waals surface area contributed by atoms with Gasteiger partial charge >= 0.3 is 0 Å². The lowest BCUT2D eigenvalue weighted by molar-refractivity contribution is -0.0895. The molecule has 1 saturated heterocycles. The minimum Gasteiger partial charge on any atom is -0.496 e. The first-order chi connectivity index (χ1) is 12.7. The van der Waals surface area contributed by atoms with E-state index >= 15 is 0 Å². The number of hydrogen-bond donors (Lipinski definition) is 1. The first-order valence-corrected chi connectivity index (χ1v) is 9.09. The van der Waals surface area contributed by atoms with Gasteiger partial charge in [0, 0.05) is 12.1 Å². The van der Waals surface area contributed by atoms with Crippen molar-refractivity contribution in [3.63, 3.8) is 0 Å². The van der Waals surface area contributed by atoms with Gasteiger partial charge in [-0.15, -0.1) is 0 Å². The molecule has 0 bridgehead atoms. The summed E-state index contributed by atoms with van der Waals surface area (Å²) in [6, 6.07) is 15.1. The van der Waals surface area contributed by atoms with Gasteiger partial charge in [0.25, 0.3) is 5.91 Å². The molecule has 0 spiro atoms. The van der Waals surface area contributed by atoms with Gasteiger partial charge in [-0.25, -0.2) is 0 Å². The van der Waals surface area contributed by atoms with Crippen LogP contribution in [0.4, 0.5) is 0 Å². The number of ether oxygens (including phenoxy) is 3. The Hall–Kier alpha value is -2.37. The minimum atomic E-state index is -0.382. The molecule has 0 unspecified atom stereocenters. The lowest BCUT2D eigenvalue weighted by Crippen LogP contribution is -2.41. The van der Waals surface area contributed by atoms with E-state index in [-0.39, 0.29) is 23.4 Å². The van der Waals surface area contributed by atoms with Crippen molar-refractivity contribution in [1.82, 2.24) is 5.32 Å². The fourth-order valence-corrected chi connectivity index (χ4v) is 2.88. The predicted octanol–water partition coefficient (Wildman–Crippen LogP) is 4.23. The highest BCUT2D eigenvalue weighted by molar-refractivity contribution is 5.96. The Labute approximate surface area is 160 Å². The van der Waals surface area contributed by atoms with E-state index in [1.807, 2.05) is 64.1 Å². The van der Waals surface area contributed by atoms with Crippen molar-refractivity contribution in [3.05, 3.63) is 65.2 Å². The molecule has 1 fully saturated rings. The summed E-state index contributed by atoms with van der Waals surface area (Å²) in [6.45, 7) is 8.58. The van der Waals surface area contributed by atoms with Crippen LogP contribution < -0.4 is 10.1 Å². The van der Waals surface area contributed by atoms with Gasteiger partial charge in [0.05, 0.1) is 23.9 Å². The molecular formula is C22H27NO4. The number of amides is 1. The summed E-state index contributed by atoms with van der Waals surface area (Å²) in [7, 11) is 1.56. The molecule has 5 heteroatoms. The number of rotatable bonds is 5. The molecule has 0 saturated carbocycles. The number of carbonyl (C=O) groups is 1. The molecule has 3 rings (SSSR count). The second-order valence-electron chi connectivity index (χ2n) is 7.71. The van der Waals surface area contributed by atoms with Crippen LogP contribution in [0.25, 0.3) is 0 Å². The summed E-state index contributed by atoms with van der Waals surface area (Å²) >= 11 is 0. The zero-order valence-corrected chi connectivity index (χ0v) is 16.5. The van der Waals surface area contributed by atoms with Gasteiger partial charge in [-0.1, -0.05) is 36.4 Å². The average molecular weight is 369 g/mol. The SMILES string of the molecule is COc1ccccc1C(=O)NCc1ccc(C2OC(C)(C)C(C)(C)O2)cc1. The molecule has 144 valence electrons. The summed E-state index contributed by atoms with van der Waals surface area (Å²) in [5.74, 6) is 0.397. The van der Waals surface area contributed by atoms with E-state index in [0.717, 1.165) is 11.1 Å². The van der Waals surface area contributed by atoms with Crippen molar-refractivity contribution in [2.45, 2.75) is 51.7 Å². The Kier molecular flexibility index (Phi) is 5.27. The molecule has 1 aliphatic rings. The Morgan fingerprint density at radius 3 is 2.19 bits per heavy atom. The lowest BCUT2D eigenvalue weighted by Gasteiger charge is -2.30. The van der Waals surface area contributed by atoms with Crippen LogP contribution in [0.15, 0.2) is 48.5 Å². The second kappa shape index (κ2) is 7.33. The summed E-state index contributed by atoms with van der Waals surface area (Å²) in [6.07, 6.45) is -0.382. The van der Waals surface area contributed by atoms with Crippen LogP contribution in [-0.2, 0) is 16.0 Å². The highest BCUT2D eigenvalue weighted by atomic mass is 16.7. The molecule has 1 amide bonds. The average Bonchev–Trinajstić information content (AvgIpc) is 2.87. The summed E-state index contributed by atoms with van der Waals surface area (Å²) in [4.78, 5) is 12.4. The van der Waals surface area contributed by atoms with Gasteiger partial charge in [0.2, 0.25) is 0 Å². The monoisotopic (exact) mass is 369 g/mol. The van der Waals surface area contributed by atoms with E-state index in [9.17, 15) is 4.79 Å². The van der Waals surface area contributed by atoms with Crippen molar-refractivity contribution < 1.29 is 19.0 Å². The van der Waals surface area contributed by atoms with Gasteiger partial charge in [0.1, 0.15) is 5.75 Å². The highest BCUT2D eigenvalue weighted by Crippen LogP contribution is 2.44. The molecule has 0 atom stereocenters. The lowest BCUT2D eigenvalue weighted by atomic mass is 9.90. The smallest absolute Gasteiger partial charge is 0.255 e. The molecule has 0 aromatic heterocycles. The van der Waals surface area contributed by atoms with Gasteiger partial charge in [0.15, 0.2) is 6.29 Å². The van der Waals surface area contributed by atoms with E-state index < -0.39 is 0 Å². The van der Waals surface area contributed by atoms with Crippen molar-refractivity contribution in [2.24, 2.45) is 0 Å². The third kappa shape index (κ3) is 3.99. The van der Waals surface area contributed by atoms with Gasteiger partial charge in [-0.05, 0) is 45.4 Å². The summed E-state index contributed by atoms with van der Waals surface area (Å²) in [5.41, 5.74) is 1.76. The molecule has 0 aliphatic carbocycles. The molecule has 2 aromatic rings. The fourth-order valence-electron chi connectivity index (χ4n) is 2.88. The Morgan fingerprint density at radius 1 is 1.00 bits per heavy atom. The molecule has 5 nitrogen and oxygen atoms in total. The Bertz CT molecular complexity index is 795. The fraction of sp³-hybridized carbons (Fsp3) is 0.409. The van der Waals surface area contributed by atoms with Crippen LogP contribution in [0.5, 0.6) is 5.75 Å². The molecule has 1 heterocycles. The first kappa shape index (κ1) is 19.4. The van der Waals surface area contributed by atoms with Crippen LogP contribution in [0.1, 0.15) is 55.5 Å². The quantitative estimate of drug-likeness (QED) is 0.857. The topological polar surface area (TPSA) is 56.8 Å². The number of hydrogen-bond acceptors (Lipinski definition) is 4. The van der Waals surface area contributed by atoms with Gasteiger partial charge in [-0.3, -0.25) is 4.79 Å². The Balaban J connectivity index is 1.63. The third-order valence-electron chi connectivity index (χ3n) is 5.31. The van der Waals surface area contributed by atoms with Crippen LogP contribution in [0, 0.1) is 0 Å². The molecule has 1 aliphatic heterocycles. The van der Waals surface area contributed by atoms with E-state index in [1.54, 1.807) is 19.2 Å². The van der Waals surface area contributed by atoms with Crippen molar-refractivity contribution in [1.29, 1.82) is 0 Å². The third-order valence-corrected chi connectivity index (χ3v) is 5.31. The van der Waals surface area contributed by atoms with Crippen LogP contribution in [-0.4, -0.2) is 24.2 Å². The van der Waals surface area contributed by atoms with Crippen molar-refractivity contribution in [3.8, 4) is 5.75 Å². The number of carbonyl (C=O) groups excluding carboxylic acids is 1. The largest absolute Gasteiger partial charge is 0.496 e. The van der Waals surface area contributed by atoms with Crippen molar-refractivity contribution >= 4 is 5.91 Å². The van der Waals surface area contributed by atoms with E-state index in [0.29, 0.717) is 17.9 Å². The zero-order chi connectivity index (χ0) is 19.7. The zero-order valence-electron chi connectivity index (χ0n) is 16.5. The molecule has 0 radical (unpaired) electrons. The minimum absolute atomic E-state index is 0.164. The van der Waals surface area contributed by atoms with Gasteiger partial charge in [-0.2, -0.15) is 0 Å². The van der Waals surface area contributed by atoms with Gasteiger partial charge < -0.3 is 19.5 Å². The number of methoxy groups -OCH3 is 1. The number of para-hydroxylation sites is 1. The molecule has 27 heavy (non-hydrogen) atoms. The maximum atomic E-state index is 12.4. The second-order valence-corrected chi connectivity index (χ2v) is 7.71. The maximum Gasteiger partial charge on any atom is 0.255 e. The van der Waals surface area contributed by atoms with Crippen LogP contribution >= 0.6 is 0 Å². The molecule has 2 aromatic carbocycles. The maximum absolute atomic E-state index is 12.4. The van der Waals surface area contributed by atoms with E-state index in [2.05, 4.69) is 5.32 Å². The van der Waals surface area contributed by atoms with Crippen molar-refractivity contribution in [2.75, 3.05) is 7.11 Å². The van der Waals surface area contributed by atoms with E-state index in [1.165, 1.54) is 0 Å². The normalized spacial score (nSPS) is 18.3. The highest BCUT2D eigenvalue weighted by Gasteiger charge is 2.49. The Morgan fingerprint density at radius 2 is 1.59 bits per heavy atom.